The molecule has 1 amide bonds. The van der Waals surface area contributed by atoms with Crippen molar-refractivity contribution in [3.63, 3.8) is 0 Å². The van der Waals surface area contributed by atoms with Crippen LogP contribution in [-0.2, 0) is 18.4 Å². The van der Waals surface area contributed by atoms with Crippen molar-refractivity contribution in [2.45, 2.75) is 12.6 Å². The molecule has 0 bridgehead atoms. The molecule has 0 aliphatic carbocycles. The van der Waals surface area contributed by atoms with Crippen LogP contribution in [0.1, 0.15) is 17.2 Å². The number of hydrogen-bond acceptors (Lipinski definition) is 2. The van der Waals surface area contributed by atoms with Gasteiger partial charge in [-0.3, -0.25) is 9.69 Å². The van der Waals surface area contributed by atoms with E-state index in [4.69, 9.17) is 5.73 Å². The molecule has 0 unspecified atom stereocenters. The lowest BCUT2D eigenvalue weighted by atomic mass is 10.0. The molecule has 0 fully saturated rings. The van der Waals surface area contributed by atoms with Crippen LogP contribution in [0.4, 0.5) is 0 Å². The Bertz CT molecular complexity index is 609. The maximum absolute atomic E-state index is 11.8. The Balaban J connectivity index is 2.22. The van der Waals surface area contributed by atoms with Crippen LogP contribution in [0.15, 0.2) is 47.2 Å². The second kappa shape index (κ2) is 6.24. The van der Waals surface area contributed by atoms with E-state index in [0.29, 0.717) is 6.54 Å². The summed E-state index contributed by atoms with van der Waals surface area (Å²) in [7, 11) is 3.88. The van der Waals surface area contributed by atoms with Gasteiger partial charge in [0.15, 0.2) is 0 Å². The number of halogens is 1. The van der Waals surface area contributed by atoms with Crippen molar-refractivity contribution < 1.29 is 4.79 Å². The Kier molecular flexibility index (Phi) is 4.62. The molecule has 20 heavy (non-hydrogen) atoms. The zero-order valence-electron chi connectivity index (χ0n) is 11.6. The topological polar surface area (TPSA) is 51.3 Å². The predicted octanol–water partition coefficient (Wildman–Crippen LogP) is 2.45. The Labute approximate surface area is 127 Å². The molecule has 1 heterocycles. The Morgan fingerprint density at radius 2 is 2.20 bits per heavy atom. The number of primary amides is 1. The van der Waals surface area contributed by atoms with E-state index < -0.39 is 6.04 Å². The molecule has 0 radical (unpaired) electrons. The van der Waals surface area contributed by atoms with E-state index in [9.17, 15) is 4.79 Å². The van der Waals surface area contributed by atoms with Crippen LogP contribution < -0.4 is 5.73 Å². The quantitative estimate of drug-likeness (QED) is 0.912. The van der Waals surface area contributed by atoms with E-state index in [2.05, 4.69) is 15.9 Å². The number of carbonyl (C=O) groups excluding carboxylic acids is 1. The van der Waals surface area contributed by atoms with Gasteiger partial charge in [-0.2, -0.15) is 0 Å². The molecule has 0 saturated carbocycles. The molecule has 5 heteroatoms. The van der Waals surface area contributed by atoms with E-state index in [1.807, 2.05) is 66.3 Å². The molecule has 0 spiro atoms. The third-order valence-corrected chi connectivity index (χ3v) is 3.69. The number of carbonyl (C=O) groups is 1. The summed E-state index contributed by atoms with van der Waals surface area (Å²) in [5.41, 5.74) is 7.62. The van der Waals surface area contributed by atoms with Crippen molar-refractivity contribution in [3.05, 3.63) is 58.3 Å². The fraction of sp³-hybridized carbons (Fsp3) is 0.267. The van der Waals surface area contributed by atoms with Crippen molar-refractivity contribution in [1.82, 2.24) is 9.47 Å². The molecule has 0 aliphatic heterocycles. The van der Waals surface area contributed by atoms with Gasteiger partial charge in [-0.1, -0.05) is 28.1 Å². The first kappa shape index (κ1) is 14.8. The van der Waals surface area contributed by atoms with Crippen LogP contribution in [0.3, 0.4) is 0 Å². The lowest BCUT2D eigenvalue weighted by Gasteiger charge is -2.25. The van der Waals surface area contributed by atoms with Gasteiger partial charge >= 0.3 is 0 Å². The van der Waals surface area contributed by atoms with Crippen LogP contribution in [0.25, 0.3) is 0 Å². The molecule has 0 aliphatic rings. The van der Waals surface area contributed by atoms with Crippen molar-refractivity contribution in [2.24, 2.45) is 12.8 Å². The summed E-state index contributed by atoms with van der Waals surface area (Å²) >= 11 is 3.42. The molecule has 0 saturated heterocycles. The average Bonchev–Trinajstić information content (AvgIpc) is 2.74. The highest BCUT2D eigenvalue weighted by molar-refractivity contribution is 9.10. The zero-order valence-corrected chi connectivity index (χ0v) is 13.2. The number of nitrogens with two attached hydrogens (primary N) is 1. The van der Waals surface area contributed by atoms with Crippen molar-refractivity contribution in [2.75, 3.05) is 7.05 Å². The van der Waals surface area contributed by atoms with Gasteiger partial charge in [0.1, 0.15) is 6.04 Å². The second-order valence-corrected chi connectivity index (χ2v) is 5.88. The first-order chi connectivity index (χ1) is 9.47. The minimum absolute atomic E-state index is 0.346. The highest BCUT2D eigenvalue weighted by Gasteiger charge is 2.23. The number of aryl methyl sites for hydroxylation is 1. The molecular weight excluding hydrogens is 318 g/mol. The van der Waals surface area contributed by atoms with E-state index >= 15 is 0 Å². The smallest absolute Gasteiger partial charge is 0.239 e. The molecule has 1 aromatic carbocycles. The molecule has 106 valence electrons. The molecule has 2 rings (SSSR count). The van der Waals surface area contributed by atoms with Gasteiger partial charge in [-0.25, -0.2) is 0 Å². The summed E-state index contributed by atoms with van der Waals surface area (Å²) in [5, 5.41) is 0. The zero-order chi connectivity index (χ0) is 14.7. The van der Waals surface area contributed by atoms with Gasteiger partial charge in [-0.15, -0.1) is 0 Å². The molecule has 4 nitrogen and oxygen atoms in total. The minimum atomic E-state index is -0.437. The second-order valence-electron chi connectivity index (χ2n) is 4.96. The van der Waals surface area contributed by atoms with Crippen LogP contribution in [-0.4, -0.2) is 22.4 Å². The number of benzene rings is 1. The normalized spacial score (nSPS) is 12.6. The summed E-state index contributed by atoms with van der Waals surface area (Å²) in [6.45, 7) is 0.668. The molecule has 2 aromatic rings. The summed E-state index contributed by atoms with van der Waals surface area (Å²) in [6, 6.07) is 9.28. The maximum Gasteiger partial charge on any atom is 0.239 e. The first-order valence-corrected chi connectivity index (χ1v) is 7.12. The van der Waals surface area contributed by atoms with Gasteiger partial charge in [0.2, 0.25) is 5.91 Å². The van der Waals surface area contributed by atoms with Crippen molar-refractivity contribution >= 4 is 21.8 Å². The Hall–Kier alpha value is -1.59. The fourth-order valence-corrected chi connectivity index (χ4v) is 2.76. The number of amides is 1. The SMILES string of the molecule is CN(Cc1ccn(C)c1)[C@@H](C(N)=O)c1cccc(Br)c1. The Morgan fingerprint density at radius 1 is 1.45 bits per heavy atom. The minimum Gasteiger partial charge on any atom is -0.368 e. The van der Waals surface area contributed by atoms with Gasteiger partial charge in [0, 0.05) is 30.5 Å². The van der Waals surface area contributed by atoms with Crippen LogP contribution in [0, 0.1) is 0 Å². The van der Waals surface area contributed by atoms with Crippen LogP contribution >= 0.6 is 15.9 Å². The molecule has 2 N–H and O–H groups in total. The molecular formula is C15H18BrN3O. The van der Waals surface area contributed by atoms with Crippen molar-refractivity contribution in [3.8, 4) is 0 Å². The number of likely N-dealkylation sites (N-methyl/N-ethyl adjacent to an activating group) is 1. The van der Waals surface area contributed by atoms with Gasteiger partial charge < -0.3 is 10.3 Å². The highest BCUT2D eigenvalue weighted by atomic mass is 79.9. The summed E-state index contributed by atoms with van der Waals surface area (Å²) in [4.78, 5) is 13.8. The van der Waals surface area contributed by atoms with Crippen LogP contribution in [0.5, 0.6) is 0 Å². The van der Waals surface area contributed by atoms with E-state index in [1.165, 1.54) is 0 Å². The maximum atomic E-state index is 11.8. The van der Waals surface area contributed by atoms with E-state index in [-0.39, 0.29) is 5.91 Å². The molecule has 1 aromatic heterocycles. The van der Waals surface area contributed by atoms with Gasteiger partial charge in [0.05, 0.1) is 0 Å². The number of rotatable bonds is 5. The predicted molar refractivity (Wildman–Crippen MR) is 83.0 cm³/mol. The summed E-state index contributed by atoms with van der Waals surface area (Å²) in [6.07, 6.45) is 4.02. The number of nitrogens with zero attached hydrogens (tertiary/aromatic N) is 2. The Morgan fingerprint density at radius 3 is 2.75 bits per heavy atom. The van der Waals surface area contributed by atoms with Crippen molar-refractivity contribution in [1.29, 1.82) is 0 Å². The average molecular weight is 336 g/mol. The number of hydrogen-bond donors (Lipinski definition) is 1. The monoisotopic (exact) mass is 335 g/mol. The third-order valence-electron chi connectivity index (χ3n) is 3.20. The molecule has 1 atom stereocenters. The fourth-order valence-electron chi connectivity index (χ4n) is 2.35. The highest BCUT2D eigenvalue weighted by Crippen LogP contribution is 2.24. The van der Waals surface area contributed by atoms with Gasteiger partial charge in [-0.05, 0) is 36.4 Å². The summed E-state index contributed by atoms with van der Waals surface area (Å²) < 4.78 is 2.93. The van der Waals surface area contributed by atoms with Gasteiger partial charge in [0.25, 0.3) is 0 Å². The number of aromatic nitrogens is 1. The first-order valence-electron chi connectivity index (χ1n) is 6.33. The lowest BCUT2D eigenvalue weighted by Crippen LogP contribution is -2.34. The lowest BCUT2D eigenvalue weighted by molar-refractivity contribution is -0.123. The van der Waals surface area contributed by atoms with E-state index in [0.717, 1.165) is 15.6 Å². The largest absolute Gasteiger partial charge is 0.368 e. The standard InChI is InChI=1S/C15H18BrN3O/c1-18-7-6-11(9-18)10-19(2)14(15(17)20)12-4-3-5-13(16)8-12/h3-9,14H,10H2,1-2H3,(H2,17,20)/t14-/m1/s1. The van der Waals surface area contributed by atoms with E-state index in [1.54, 1.807) is 0 Å². The summed E-state index contributed by atoms with van der Waals surface area (Å²) in [5.74, 6) is -0.346. The third kappa shape index (κ3) is 3.49. The van der Waals surface area contributed by atoms with Crippen LogP contribution in [0.2, 0.25) is 0 Å².